The molecule has 0 aliphatic heterocycles. The van der Waals surface area contributed by atoms with Gasteiger partial charge in [-0.05, 0) is 28.1 Å². The number of nitrogens with two attached hydrogens (primary N) is 1. The van der Waals surface area contributed by atoms with Gasteiger partial charge in [0.05, 0.1) is 6.21 Å². The molecule has 0 bridgehead atoms. The molecule has 0 atom stereocenters. The smallest absolute Gasteiger partial charge is 0.334 e. The van der Waals surface area contributed by atoms with Gasteiger partial charge in [0, 0.05) is 7.05 Å². The van der Waals surface area contributed by atoms with Crippen LogP contribution in [0.4, 0.5) is 4.79 Å². The second-order valence-electron chi connectivity index (χ2n) is 2.25. The number of furan rings is 1. The molecule has 0 aliphatic carbocycles. The van der Waals surface area contributed by atoms with Crippen LogP contribution in [0.2, 0.25) is 0 Å². The zero-order valence-corrected chi connectivity index (χ0v) is 8.48. The lowest BCUT2D eigenvalue weighted by atomic mass is 10.5. The summed E-state index contributed by atoms with van der Waals surface area (Å²) in [5.74, 6) is 0.542. The maximum Gasteiger partial charge on any atom is 0.334 e. The van der Waals surface area contributed by atoms with Crippen molar-refractivity contribution in [2.75, 3.05) is 7.05 Å². The number of rotatable bonds is 2. The largest absolute Gasteiger partial charge is 0.448 e. The molecule has 0 aliphatic rings. The van der Waals surface area contributed by atoms with Gasteiger partial charge in [0.25, 0.3) is 0 Å². The Labute approximate surface area is 83.3 Å². The van der Waals surface area contributed by atoms with E-state index in [1.165, 1.54) is 13.3 Å². The molecule has 5 nitrogen and oxygen atoms in total. The normalized spacial score (nSPS) is 10.6. The van der Waals surface area contributed by atoms with Crippen molar-refractivity contribution >= 4 is 28.2 Å². The third-order valence-corrected chi connectivity index (χ3v) is 1.70. The summed E-state index contributed by atoms with van der Waals surface area (Å²) >= 11 is 3.13. The van der Waals surface area contributed by atoms with Crippen LogP contribution in [-0.4, -0.2) is 24.3 Å². The van der Waals surface area contributed by atoms with Crippen molar-refractivity contribution in [2.45, 2.75) is 0 Å². The maximum atomic E-state index is 10.5. The average molecular weight is 246 g/mol. The second kappa shape index (κ2) is 4.08. The quantitative estimate of drug-likeness (QED) is 0.632. The van der Waals surface area contributed by atoms with E-state index in [1.54, 1.807) is 12.1 Å². The Morgan fingerprint density at radius 1 is 1.77 bits per heavy atom. The minimum Gasteiger partial charge on any atom is -0.448 e. The Balaban J connectivity index is 2.63. The number of nitrogens with zero attached hydrogens (tertiary/aromatic N) is 2. The highest BCUT2D eigenvalue weighted by molar-refractivity contribution is 9.10. The predicted molar refractivity (Wildman–Crippen MR) is 51.3 cm³/mol. The molecule has 70 valence electrons. The van der Waals surface area contributed by atoms with Crippen LogP contribution in [0.3, 0.4) is 0 Å². The van der Waals surface area contributed by atoms with E-state index in [-0.39, 0.29) is 0 Å². The lowest BCUT2D eigenvalue weighted by Gasteiger charge is -2.04. The van der Waals surface area contributed by atoms with Crippen LogP contribution in [0.5, 0.6) is 0 Å². The first kappa shape index (κ1) is 9.79. The van der Waals surface area contributed by atoms with Crippen molar-refractivity contribution in [2.24, 2.45) is 10.8 Å². The van der Waals surface area contributed by atoms with E-state index in [4.69, 9.17) is 10.2 Å². The van der Waals surface area contributed by atoms with Gasteiger partial charge in [0.15, 0.2) is 4.67 Å². The van der Waals surface area contributed by atoms with E-state index in [0.29, 0.717) is 10.4 Å². The lowest BCUT2D eigenvalue weighted by molar-refractivity contribution is 0.220. The summed E-state index contributed by atoms with van der Waals surface area (Å²) < 4.78 is 5.71. The third kappa shape index (κ3) is 2.90. The number of urea groups is 1. The Hall–Kier alpha value is -1.30. The minimum absolute atomic E-state index is 0.542. The number of amides is 2. The second-order valence-corrected chi connectivity index (χ2v) is 3.03. The van der Waals surface area contributed by atoms with Gasteiger partial charge in [-0.3, -0.25) is 0 Å². The molecule has 0 fully saturated rings. The summed E-state index contributed by atoms with van der Waals surface area (Å²) in [5.41, 5.74) is 4.94. The third-order valence-electron chi connectivity index (χ3n) is 1.27. The first-order chi connectivity index (χ1) is 6.09. The molecule has 1 heterocycles. The molecular formula is C7H8BrN3O2. The van der Waals surface area contributed by atoms with E-state index < -0.39 is 6.03 Å². The Kier molecular flexibility index (Phi) is 3.07. The average Bonchev–Trinajstić information content (AvgIpc) is 2.47. The van der Waals surface area contributed by atoms with Gasteiger partial charge in [0.2, 0.25) is 0 Å². The molecule has 2 amide bonds. The fraction of sp³-hybridized carbons (Fsp3) is 0.143. The molecule has 1 aromatic heterocycles. The fourth-order valence-corrected chi connectivity index (χ4v) is 0.917. The highest BCUT2D eigenvalue weighted by Gasteiger charge is 1.99. The topological polar surface area (TPSA) is 71.8 Å². The molecule has 6 heteroatoms. The summed E-state index contributed by atoms with van der Waals surface area (Å²) in [5, 5.41) is 4.74. The van der Waals surface area contributed by atoms with Gasteiger partial charge < -0.3 is 10.2 Å². The van der Waals surface area contributed by atoms with Crippen LogP contribution in [0, 0.1) is 0 Å². The Bertz CT molecular complexity index is 334. The minimum atomic E-state index is -0.623. The summed E-state index contributed by atoms with van der Waals surface area (Å²) in [7, 11) is 1.46. The first-order valence-corrected chi connectivity index (χ1v) is 4.21. The zero-order valence-electron chi connectivity index (χ0n) is 6.90. The fourth-order valence-electron chi connectivity index (χ4n) is 0.598. The van der Waals surface area contributed by atoms with E-state index in [2.05, 4.69) is 21.0 Å². The monoisotopic (exact) mass is 245 g/mol. The van der Waals surface area contributed by atoms with Gasteiger partial charge in [-0.15, -0.1) is 0 Å². The highest BCUT2D eigenvalue weighted by atomic mass is 79.9. The molecule has 0 saturated heterocycles. The number of carbonyl (C=O) groups is 1. The molecule has 2 N–H and O–H groups in total. The molecule has 0 spiro atoms. The van der Waals surface area contributed by atoms with Crippen LogP contribution in [0.1, 0.15) is 5.76 Å². The van der Waals surface area contributed by atoms with Crippen molar-refractivity contribution in [3.8, 4) is 0 Å². The SMILES string of the molecule is CN(/N=C/c1ccc(Br)o1)C(N)=O. The molecular weight excluding hydrogens is 238 g/mol. The summed E-state index contributed by atoms with van der Waals surface area (Å²) in [6.07, 6.45) is 1.40. The van der Waals surface area contributed by atoms with Crippen LogP contribution in [-0.2, 0) is 0 Å². The van der Waals surface area contributed by atoms with Crippen molar-refractivity contribution < 1.29 is 9.21 Å². The van der Waals surface area contributed by atoms with Crippen molar-refractivity contribution in [1.29, 1.82) is 0 Å². The van der Waals surface area contributed by atoms with Gasteiger partial charge in [-0.2, -0.15) is 5.10 Å². The van der Waals surface area contributed by atoms with Crippen LogP contribution < -0.4 is 5.73 Å². The number of hydrogen-bond acceptors (Lipinski definition) is 3. The predicted octanol–water partition coefficient (Wildman–Crippen LogP) is 1.39. The Morgan fingerprint density at radius 2 is 2.46 bits per heavy atom. The van der Waals surface area contributed by atoms with Crippen LogP contribution >= 0.6 is 15.9 Å². The standard InChI is InChI=1S/C7H8BrN3O2/c1-11(7(9)12)10-4-5-2-3-6(8)13-5/h2-4H,1H3,(H2,9,12)/b10-4+. The molecule has 1 rings (SSSR count). The van der Waals surface area contributed by atoms with Crippen molar-refractivity contribution in [3.63, 3.8) is 0 Å². The van der Waals surface area contributed by atoms with E-state index in [0.717, 1.165) is 5.01 Å². The number of primary amides is 1. The van der Waals surface area contributed by atoms with Crippen LogP contribution in [0.15, 0.2) is 26.3 Å². The van der Waals surface area contributed by atoms with E-state index >= 15 is 0 Å². The number of carbonyl (C=O) groups excluding carboxylic acids is 1. The van der Waals surface area contributed by atoms with Crippen molar-refractivity contribution in [3.05, 3.63) is 22.6 Å². The first-order valence-electron chi connectivity index (χ1n) is 3.42. The molecule has 0 aromatic carbocycles. The molecule has 1 aromatic rings. The highest BCUT2D eigenvalue weighted by Crippen LogP contribution is 2.12. The molecule has 0 radical (unpaired) electrons. The van der Waals surface area contributed by atoms with Crippen molar-refractivity contribution in [1.82, 2.24) is 5.01 Å². The summed E-state index contributed by atoms with van der Waals surface area (Å²) in [6.45, 7) is 0. The number of halogens is 1. The van der Waals surface area contributed by atoms with Gasteiger partial charge in [0.1, 0.15) is 5.76 Å². The summed E-state index contributed by atoms with van der Waals surface area (Å²) in [6, 6.07) is 2.82. The summed E-state index contributed by atoms with van der Waals surface area (Å²) in [4.78, 5) is 10.5. The van der Waals surface area contributed by atoms with Crippen LogP contribution in [0.25, 0.3) is 0 Å². The van der Waals surface area contributed by atoms with Gasteiger partial charge in [-0.1, -0.05) is 0 Å². The van der Waals surface area contributed by atoms with E-state index in [1.807, 2.05) is 0 Å². The van der Waals surface area contributed by atoms with Gasteiger partial charge >= 0.3 is 6.03 Å². The number of hydrogen-bond donors (Lipinski definition) is 1. The maximum absolute atomic E-state index is 10.5. The Morgan fingerprint density at radius 3 is 2.92 bits per heavy atom. The van der Waals surface area contributed by atoms with E-state index in [9.17, 15) is 4.79 Å². The zero-order chi connectivity index (χ0) is 9.84. The lowest BCUT2D eigenvalue weighted by Crippen LogP contribution is -2.27. The number of hydrazone groups is 1. The molecule has 0 saturated carbocycles. The molecule has 13 heavy (non-hydrogen) atoms. The van der Waals surface area contributed by atoms with Gasteiger partial charge in [-0.25, -0.2) is 9.80 Å². The molecule has 0 unspecified atom stereocenters.